The Morgan fingerprint density at radius 2 is 1.75 bits per heavy atom. The van der Waals surface area contributed by atoms with Crippen LogP contribution in [0, 0.1) is 0 Å². The highest BCUT2D eigenvalue weighted by Crippen LogP contribution is 2.22. The average Bonchev–Trinajstić information content (AvgIpc) is 2.39. The van der Waals surface area contributed by atoms with Crippen molar-refractivity contribution in [3.05, 3.63) is 58.1 Å². The predicted molar refractivity (Wildman–Crippen MR) is 76.2 cm³/mol. The minimum Gasteiger partial charge on any atom is -0.299 e. The third kappa shape index (κ3) is 3.21. The molecule has 0 amide bonds. The van der Waals surface area contributed by atoms with E-state index in [1.807, 2.05) is 0 Å². The third-order valence-corrected chi connectivity index (χ3v) is 3.18. The second kappa shape index (κ2) is 6.11. The molecule has 102 valence electrons. The zero-order valence-corrected chi connectivity index (χ0v) is 12.0. The quantitative estimate of drug-likeness (QED) is 0.494. The molecule has 0 aliphatic rings. The Morgan fingerprint density at radius 3 is 2.30 bits per heavy atom. The second-order valence-corrected chi connectivity index (χ2v) is 4.94. The Kier molecular flexibility index (Phi) is 4.47. The van der Waals surface area contributed by atoms with Crippen molar-refractivity contribution >= 4 is 34.8 Å². The maximum Gasteiger partial charge on any atom is 0.222 e. The Hall–Kier alpha value is -1.78. The molecule has 0 spiro atoms. The average molecular weight is 309 g/mol. The van der Waals surface area contributed by atoms with Gasteiger partial charge in [-0.2, -0.15) is 0 Å². The Labute approximate surface area is 125 Å². The molecule has 1 unspecified atom stereocenters. The highest BCUT2D eigenvalue weighted by molar-refractivity contribution is 6.30. The van der Waals surface area contributed by atoms with Crippen LogP contribution in [0.15, 0.2) is 36.5 Å². The van der Waals surface area contributed by atoms with Gasteiger partial charge in [0.25, 0.3) is 0 Å². The number of ketones is 2. The van der Waals surface area contributed by atoms with Crippen LogP contribution in [0.3, 0.4) is 0 Å². The van der Waals surface area contributed by atoms with Crippen LogP contribution in [0.1, 0.15) is 28.9 Å². The third-order valence-electron chi connectivity index (χ3n) is 2.74. The molecule has 2 rings (SSSR count). The Bertz CT molecular complexity index is 656. The van der Waals surface area contributed by atoms with Gasteiger partial charge in [0.1, 0.15) is 11.7 Å². The molecule has 1 atom stereocenters. The summed E-state index contributed by atoms with van der Waals surface area (Å²) in [6, 6.07) is 7.84. The van der Waals surface area contributed by atoms with Gasteiger partial charge in [-0.25, -0.2) is 9.97 Å². The molecule has 2 aromatic rings. The van der Waals surface area contributed by atoms with Gasteiger partial charge in [-0.15, -0.1) is 0 Å². The number of halogens is 2. The first kappa shape index (κ1) is 14.6. The molecule has 1 aromatic heterocycles. The van der Waals surface area contributed by atoms with Gasteiger partial charge in [0.15, 0.2) is 5.78 Å². The fourth-order valence-electron chi connectivity index (χ4n) is 1.82. The van der Waals surface area contributed by atoms with E-state index in [2.05, 4.69) is 9.97 Å². The number of Topliss-reactive ketones (excluding diaryl/α,β-unsaturated/α-hetero) is 2. The van der Waals surface area contributed by atoms with E-state index in [1.54, 1.807) is 24.3 Å². The minimum absolute atomic E-state index is 0.00217. The highest BCUT2D eigenvalue weighted by Gasteiger charge is 2.28. The highest BCUT2D eigenvalue weighted by atomic mass is 35.5. The van der Waals surface area contributed by atoms with Gasteiger partial charge in [0, 0.05) is 16.8 Å². The van der Waals surface area contributed by atoms with Crippen molar-refractivity contribution in [3.63, 3.8) is 0 Å². The van der Waals surface area contributed by atoms with Crippen molar-refractivity contribution in [3.8, 4) is 0 Å². The summed E-state index contributed by atoms with van der Waals surface area (Å²) in [5.41, 5.74) is 0.682. The molecule has 20 heavy (non-hydrogen) atoms. The van der Waals surface area contributed by atoms with E-state index in [-0.39, 0.29) is 22.5 Å². The van der Waals surface area contributed by atoms with E-state index >= 15 is 0 Å². The molecule has 0 saturated carbocycles. The lowest BCUT2D eigenvalue weighted by Gasteiger charge is -2.12. The van der Waals surface area contributed by atoms with E-state index < -0.39 is 5.92 Å². The van der Waals surface area contributed by atoms with E-state index in [4.69, 9.17) is 23.2 Å². The molecule has 1 aromatic carbocycles. The first-order chi connectivity index (χ1) is 9.49. The monoisotopic (exact) mass is 308 g/mol. The van der Waals surface area contributed by atoms with Crippen molar-refractivity contribution < 1.29 is 9.59 Å². The normalized spacial score (nSPS) is 11.9. The molecule has 1 heterocycles. The summed E-state index contributed by atoms with van der Waals surface area (Å²) in [5, 5.41) is 0.517. The molecule has 0 N–H and O–H groups in total. The molecular weight excluding hydrogens is 299 g/mol. The number of rotatable bonds is 4. The van der Waals surface area contributed by atoms with Crippen molar-refractivity contribution in [2.24, 2.45) is 0 Å². The SMILES string of the molecule is CC(=O)C(C(=O)c1ccc(Cl)cc1)c1ccnc(Cl)n1. The number of benzene rings is 1. The van der Waals surface area contributed by atoms with Crippen LogP contribution in [0.5, 0.6) is 0 Å². The van der Waals surface area contributed by atoms with Crippen LogP contribution in [-0.4, -0.2) is 21.5 Å². The standard InChI is InChI=1S/C14H10Cl2N2O2/c1-8(19)12(11-6-7-17-14(16)18-11)13(20)9-2-4-10(15)5-3-9/h2-7,12H,1H3. The van der Waals surface area contributed by atoms with Crippen molar-refractivity contribution in [2.45, 2.75) is 12.8 Å². The molecule has 0 aliphatic carbocycles. The Balaban J connectivity index is 2.41. The summed E-state index contributed by atoms with van der Waals surface area (Å²) in [4.78, 5) is 31.9. The summed E-state index contributed by atoms with van der Waals surface area (Å²) in [6.45, 7) is 1.34. The number of hydrogen-bond acceptors (Lipinski definition) is 4. The van der Waals surface area contributed by atoms with Gasteiger partial charge in [-0.3, -0.25) is 9.59 Å². The van der Waals surface area contributed by atoms with Gasteiger partial charge in [-0.1, -0.05) is 11.6 Å². The Morgan fingerprint density at radius 1 is 1.10 bits per heavy atom. The summed E-state index contributed by atoms with van der Waals surface area (Å²) >= 11 is 11.5. The van der Waals surface area contributed by atoms with Crippen molar-refractivity contribution in [2.75, 3.05) is 0 Å². The number of aromatic nitrogens is 2. The second-order valence-electron chi connectivity index (χ2n) is 4.17. The molecule has 4 nitrogen and oxygen atoms in total. The lowest BCUT2D eigenvalue weighted by molar-refractivity contribution is -0.117. The summed E-state index contributed by atoms with van der Waals surface area (Å²) in [5.74, 6) is -1.64. The van der Waals surface area contributed by atoms with E-state index in [9.17, 15) is 9.59 Å². The number of carbonyl (C=O) groups is 2. The van der Waals surface area contributed by atoms with Gasteiger partial charge in [0.2, 0.25) is 5.28 Å². The molecule has 0 fully saturated rings. The molecule has 0 saturated heterocycles. The summed E-state index contributed by atoms with van der Waals surface area (Å²) in [6.07, 6.45) is 1.41. The largest absolute Gasteiger partial charge is 0.299 e. The van der Waals surface area contributed by atoms with Crippen molar-refractivity contribution in [1.82, 2.24) is 9.97 Å². The number of hydrogen-bond donors (Lipinski definition) is 0. The van der Waals surface area contributed by atoms with Crippen LogP contribution < -0.4 is 0 Å². The van der Waals surface area contributed by atoms with E-state index in [0.717, 1.165) is 0 Å². The lowest BCUT2D eigenvalue weighted by atomic mass is 9.91. The van der Waals surface area contributed by atoms with Crippen LogP contribution in [0.4, 0.5) is 0 Å². The maximum atomic E-state index is 12.4. The minimum atomic E-state index is -0.989. The van der Waals surface area contributed by atoms with Crippen LogP contribution in [0.2, 0.25) is 10.3 Å². The molecule has 0 aliphatic heterocycles. The number of carbonyl (C=O) groups excluding carboxylic acids is 2. The summed E-state index contributed by atoms with van der Waals surface area (Å²) < 4.78 is 0. The van der Waals surface area contributed by atoms with Crippen LogP contribution in [0.25, 0.3) is 0 Å². The predicted octanol–water partition coefficient (Wildman–Crippen LogP) is 3.34. The van der Waals surface area contributed by atoms with Gasteiger partial charge < -0.3 is 0 Å². The fourth-order valence-corrected chi connectivity index (χ4v) is 2.10. The lowest BCUT2D eigenvalue weighted by Crippen LogP contribution is -2.21. The number of nitrogens with zero attached hydrogens (tertiary/aromatic N) is 2. The first-order valence-corrected chi connectivity index (χ1v) is 6.53. The van der Waals surface area contributed by atoms with Gasteiger partial charge in [-0.05, 0) is 48.9 Å². The van der Waals surface area contributed by atoms with Gasteiger partial charge in [0.05, 0.1) is 5.69 Å². The topological polar surface area (TPSA) is 59.9 Å². The maximum absolute atomic E-state index is 12.4. The molecule has 6 heteroatoms. The summed E-state index contributed by atoms with van der Waals surface area (Å²) in [7, 11) is 0. The van der Waals surface area contributed by atoms with E-state index in [1.165, 1.54) is 19.2 Å². The zero-order chi connectivity index (χ0) is 14.7. The zero-order valence-electron chi connectivity index (χ0n) is 10.5. The van der Waals surface area contributed by atoms with Crippen molar-refractivity contribution in [1.29, 1.82) is 0 Å². The fraction of sp³-hybridized carbons (Fsp3) is 0.143. The molecule has 0 bridgehead atoms. The van der Waals surface area contributed by atoms with E-state index in [0.29, 0.717) is 10.6 Å². The smallest absolute Gasteiger partial charge is 0.222 e. The molecule has 0 radical (unpaired) electrons. The van der Waals surface area contributed by atoms with Crippen LogP contribution >= 0.6 is 23.2 Å². The van der Waals surface area contributed by atoms with Crippen LogP contribution in [-0.2, 0) is 4.79 Å². The molecular formula is C14H10Cl2N2O2. The van der Waals surface area contributed by atoms with Gasteiger partial charge >= 0.3 is 0 Å². The first-order valence-electron chi connectivity index (χ1n) is 5.77.